The predicted octanol–water partition coefficient (Wildman–Crippen LogP) is 3.60. The molecule has 0 unspecified atom stereocenters. The molecular formula is C16H24ClF3N2O2S. The summed E-state index contributed by atoms with van der Waals surface area (Å²) < 4.78 is 65.7. The lowest BCUT2D eigenvalue weighted by Crippen LogP contribution is -2.49. The van der Waals surface area contributed by atoms with Crippen LogP contribution in [0.2, 0.25) is 0 Å². The van der Waals surface area contributed by atoms with Crippen LogP contribution in [0, 0.1) is 0 Å². The molecule has 0 atom stereocenters. The fourth-order valence-corrected chi connectivity index (χ4v) is 4.31. The van der Waals surface area contributed by atoms with Crippen molar-refractivity contribution in [2.45, 2.75) is 56.0 Å². The highest BCUT2D eigenvalue weighted by molar-refractivity contribution is 7.88. The average molecular weight is 401 g/mol. The van der Waals surface area contributed by atoms with E-state index >= 15 is 0 Å². The number of alkyl halides is 3. The first-order valence-electron chi connectivity index (χ1n) is 8.03. The van der Waals surface area contributed by atoms with Gasteiger partial charge in [-0.1, -0.05) is 43.9 Å². The molecule has 0 aliphatic heterocycles. The molecule has 1 fully saturated rings. The maximum atomic E-state index is 13.0. The number of benzene rings is 1. The first kappa shape index (κ1) is 22.2. The smallest absolute Gasteiger partial charge is 0.324 e. The molecule has 1 aromatic carbocycles. The normalized spacial score (nSPS) is 18.2. The van der Waals surface area contributed by atoms with E-state index < -0.39 is 33.1 Å². The Morgan fingerprint density at radius 1 is 1.08 bits per heavy atom. The van der Waals surface area contributed by atoms with Crippen LogP contribution in [0.5, 0.6) is 0 Å². The summed E-state index contributed by atoms with van der Waals surface area (Å²) in [4.78, 5) is 0. The van der Waals surface area contributed by atoms with Gasteiger partial charge in [0.2, 0.25) is 10.0 Å². The highest BCUT2D eigenvalue weighted by Crippen LogP contribution is 2.32. The SMILES string of the molecule is Cl.NC1(CNS(=O)(=O)Cc2ccccc2C(F)(F)F)CCCCCC1. The largest absolute Gasteiger partial charge is 0.416 e. The van der Waals surface area contributed by atoms with Gasteiger partial charge in [-0.05, 0) is 24.5 Å². The van der Waals surface area contributed by atoms with Crippen LogP contribution < -0.4 is 10.5 Å². The van der Waals surface area contributed by atoms with Crippen LogP contribution >= 0.6 is 12.4 Å². The summed E-state index contributed by atoms with van der Waals surface area (Å²) in [5.41, 5.74) is 4.45. The topological polar surface area (TPSA) is 72.2 Å². The molecule has 1 saturated carbocycles. The highest BCUT2D eigenvalue weighted by atomic mass is 35.5. The van der Waals surface area contributed by atoms with Gasteiger partial charge in [0.1, 0.15) is 0 Å². The van der Waals surface area contributed by atoms with Crippen LogP contribution in [-0.2, 0) is 22.0 Å². The molecule has 4 nitrogen and oxygen atoms in total. The van der Waals surface area contributed by atoms with Crippen molar-refractivity contribution in [3.8, 4) is 0 Å². The minimum atomic E-state index is -4.58. The molecule has 0 saturated heterocycles. The molecule has 9 heteroatoms. The van der Waals surface area contributed by atoms with Crippen LogP contribution in [0.15, 0.2) is 24.3 Å². The van der Waals surface area contributed by atoms with Crippen molar-refractivity contribution in [1.82, 2.24) is 4.72 Å². The Balaban J connectivity index is 0.00000312. The predicted molar refractivity (Wildman–Crippen MR) is 93.9 cm³/mol. The summed E-state index contributed by atoms with van der Waals surface area (Å²) in [5.74, 6) is -0.710. The number of halogens is 4. The molecule has 2 rings (SSSR count). The summed E-state index contributed by atoms with van der Waals surface area (Å²) in [7, 11) is -3.90. The number of nitrogens with two attached hydrogens (primary N) is 1. The Labute approximate surface area is 152 Å². The van der Waals surface area contributed by atoms with E-state index in [1.807, 2.05) is 0 Å². The molecule has 0 heterocycles. The van der Waals surface area contributed by atoms with Gasteiger partial charge in [0, 0.05) is 12.1 Å². The fraction of sp³-hybridized carbons (Fsp3) is 0.625. The van der Waals surface area contributed by atoms with Gasteiger partial charge < -0.3 is 5.73 Å². The molecule has 1 aromatic rings. The standard InChI is InChI=1S/C16H23F3N2O2S.ClH/c17-16(18,19)14-8-4-3-7-13(14)11-24(22,23)21-12-15(20)9-5-1-2-6-10-15;/h3-4,7-8,21H,1-2,5-6,9-12,20H2;1H. The van der Waals surface area contributed by atoms with Gasteiger partial charge in [-0.3, -0.25) is 0 Å². The van der Waals surface area contributed by atoms with E-state index in [1.165, 1.54) is 18.2 Å². The lowest BCUT2D eigenvalue weighted by molar-refractivity contribution is -0.138. The Hall–Kier alpha value is -0.830. The van der Waals surface area contributed by atoms with E-state index in [4.69, 9.17) is 5.73 Å². The van der Waals surface area contributed by atoms with Gasteiger partial charge in [-0.15, -0.1) is 12.4 Å². The number of hydrogen-bond donors (Lipinski definition) is 2. The van der Waals surface area contributed by atoms with Gasteiger partial charge in [0.05, 0.1) is 11.3 Å². The maximum absolute atomic E-state index is 13.0. The van der Waals surface area contributed by atoms with Crippen molar-refractivity contribution in [1.29, 1.82) is 0 Å². The molecule has 0 amide bonds. The molecule has 25 heavy (non-hydrogen) atoms. The van der Waals surface area contributed by atoms with Crippen molar-refractivity contribution in [3.05, 3.63) is 35.4 Å². The Kier molecular flexibility index (Phi) is 7.73. The highest BCUT2D eigenvalue weighted by Gasteiger charge is 2.34. The molecule has 0 bridgehead atoms. The Bertz CT molecular complexity index is 658. The minimum absolute atomic E-state index is 0. The second kappa shape index (κ2) is 8.70. The zero-order valence-electron chi connectivity index (χ0n) is 13.8. The molecule has 3 N–H and O–H groups in total. The van der Waals surface area contributed by atoms with Crippen molar-refractivity contribution in [2.75, 3.05) is 6.54 Å². The van der Waals surface area contributed by atoms with Crippen LogP contribution in [0.1, 0.15) is 49.7 Å². The van der Waals surface area contributed by atoms with Crippen LogP contribution in [0.25, 0.3) is 0 Å². The summed E-state index contributed by atoms with van der Waals surface area (Å²) in [5, 5.41) is 0. The van der Waals surface area contributed by atoms with E-state index in [-0.39, 0.29) is 24.5 Å². The van der Waals surface area contributed by atoms with Crippen LogP contribution in [0.4, 0.5) is 13.2 Å². The zero-order valence-corrected chi connectivity index (χ0v) is 15.4. The van der Waals surface area contributed by atoms with Gasteiger partial charge in [-0.25, -0.2) is 13.1 Å². The van der Waals surface area contributed by atoms with Gasteiger partial charge in [-0.2, -0.15) is 13.2 Å². The van der Waals surface area contributed by atoms with E-state index in [0.29, 0.717) is 12.8 Å². The monoisotopic (exact) mass is 400 g/mol. The maximum Gasteiger partial charge on any atom is 0.416 e. The molecular weight excluding hydrogens is 377 g/mol. The van der Waals surface area contributed by atoms with Gasteiger partial charge >= 0.3 is 6.18 Å². The van der Waals surface area contributed by atoms with Crippen molar-refractivity contribution < 1.29 is 21.6 Å². The van der Waals surface area contributed by atoms with E-state index in [0.717, 1.165) is 31.7 Å². The number of rotatable bonds is 5. The van der Waals surface area contributed by atoms with E-state index in [9.17, 15) is 21.6 Å². The molecule has 0 radical (unpaired) electrons. The second-order valence-corrected chi connectivity index (χ2v) is 8.32. The molecule has 1 aliphatic carbocycles. The van der Waals surface area contributed by atoms with Crippen LogP contribution in [0.3, 0.4) is 0 Å². The molecule has 0 spiro atoms. The van der Waals surface area contributed by atoms with E-state index in [1.54, 1.807) is 0 Å². The Morgan fingerprint density at radius 3 is 2.20 bits per heavy atom. The third-order valence-corrected chi connectivity index (χ3v) is 5.69. The number of sulfonamides is 1. The summed E-state index contributed by atoms with van der Waals surface area (Å²) in [6.07, 6.45) is 0.880. The third-order valence-electron chi connectivity index (χ3n) is 4.41. The first-order chi connectivity index (χ1) is 11.1. The lowest BCUT2D eigenvalue weighted by Gasteiger charge is -2.28. The van der Waals surface area contributed by atoms with Crippen molar-refractivity contribution in [2.24, 2.45) is 5.73 Å². The second-order valence-electron chi connectivity index (χ2n) is 6.51. The fourth-order valence-electron chi connectivity index (χ4n) is 3.04. The molecule has 0 aromatic heterocycles. The van der Waals surface area contributed by atoms with Crippen molar-refractivity contribution in [3.63, 3.8) is 0 Å². The quantitative estimate of drug-likeness (QED) is 0.742. The third kappa shape index (κ3) is 6.77. The summed E-state index contributed by atoms with van der Waals surface area (Å²) >= 11 is 0. The minimum Gasteiger partial charge on any atom is -0.324 e. The van der Waals surface area contributed by atoms with Crippen LogP contribution in [-0.4, -0.2) is 20.5 Å². The Morgan fingerprint density at radius 2 is 1.64 bits per heavy atom. The summed E-state index contributed by atoms with van der Waals surface area (Å²) in [6.45, 7) is 0.0590. The van der Waals surface area contributed by atoms with Crippen molar-refractivity contribution >= 4 is 22.4 Å². The molecule has 1 aliphatic rings. The zero-order chi connectivity index (χ0) is 17.8. The van der Waals surface area contributed by atoms with E-state index in [2.05, 4.69) is 4.72 Å². The summed E-state index contributed by atoms with van der Waals surface area (Å²) in [6, 6.07) is 4.72. The number of nitrogens with one attached hydrogen (secondary N) is 1. The lowest BCUT2D eigenvalue weighted by atomic mass is 9.92. The molecule has 144 valence electrons. The van der Waals surface area contributed by atoms with Gasteiger partial charge in [0.25, 0.3) is 0 Å². The number of hydrogen-bond acceptors (Lipinski definition) is 3. The van der Waals surface area contributed by atoms with Gasteiger partial charge in [0.15, 0.2) is 0 Å². The average Bonchev–Trinajstić information content (AvgIpc) is 2.70. The first-order valence-corrected chi connectivity index (χ1v) is 9.68.